The van der Waals surface area contributed by atoms with E-state index in [9.17, 15) is 14.4 Å². The maximum absolute atomic E-state index is 11.5. The van der Waals surface area contributed by atoms with Crippen molar-refractivity contribution in [1.29, 1.82) is 0 Å². The van der Waals surface area contributed by atoms with Crippen LogP contribution in [0.1, 0.15) is 13.8 Å². The lowest BCUT2D eigenvalue weighted by atomic mass is 10.4. The molecule has 0 heterocycles. The second kappa shape index (κ2) is 7.48. The third-order valence-electron chi connectivity index (χ3n) is 2.29. The fraction of sp³-hybridized carbons (Fsp3) is 0.700. The Balaban J connectivity index is 4.15. The van der Waals surface area contributed by atoms with Crippen LogP contribution in [0.5, 0.6) is 0 Å². The van der Waals surface area contributed by atoms with Crippen molar-refractivity contribution >= 4 is 17.9 Å². The average molecular weight is 245 g/mol. The van der Waals surface area contributed by atoms with Crippen LogP contribution in [0, 0.1) is 0 Å². The zero-order valence-corrected chi connectivity index (χ0v) is 10.4. The summed E-state index contributed by atoms with van der Waals surface area (Å²) in [5.74, 6) is -1.30. The van der Waals surface area contributed by atoms with E-state index in [1.54, 1.807) is 14.0 Å². The van der Waals surface area contributed by atoms with Gasteiger partial charge in [-0.05, 0) is 13.8 Å². The van der Waals surface area contributed by atoms with Gasteiger partial charge in [0.15, 0.2) is 0 Å². The van der Waals surface area contributed by atoms with Crippen LogP contribution in [-0.2, 0) is 9.59 Å². The van der Waals surface area contributed by atoms with E-state index in [4.69, 9.17) is 5.11 Å². The highest BCUT2D eigenvalue weighted by Crippen LogP contribution is 1.90. The molecular formula is C10H19N3O4. The monoisotopic (exact) mass is 245 g/mol. The van der Waals surface area contributed by atoms with Crippen LogP contribution in [-0.4, -0.2) is 66.0 Å². The van der Waals surface area contributed by atoms with Gasteiger partial charge in [0.2, 0.25) is 5.91 Å². The van der Waals surface area contributed by atoms with Crippen molar-refractivity contribution in [1.82, 2.24) is 15.1 Å². The van der Waals surface area contributed by atoms with Crippen molar-refractivity contribution in [3.63, 3.8) is 0 Å². The first-order valence-electron chi connectivity index (χ1n) is 5.40. The molecule has 0 fully saturated rings. The third kappa shape index (κ3) is 5.74. The number of carbonyl (C=O) groups is 3. The van der Waals surface area contributed by atoms with E-state index in [0.29, 0.717) is 6.54 Å². The van der Waals surface area contributed by atoms with Crippen molar-refractivity contribution in [2.45, 2.75) is 13.8 Å². The summed E-state index contributed by atoms with van der Waals surface area (Å²) in [5, 5.41) is 11.0. The Kier molecular flexibility index (Phi) is 6.69. The smallest absolute Gasteiger partial charge is 0.323 e. The van der Waals surface area contributed by atoms with Crippen molar-refractivity contribution in [3.8, 4) is 0 Å². The van der Waals surface area contributed by atoms with E-state index in [1.807, 2.05) is 6.92 Å². The Bertz CT molecular complexity index is 293. The molecule has 17 heavy (non-hydrogen) atoms. The van der Waals surface area contributed by atoms with Crippen LogP contribution < -0.4 is 5.32 Å². The Hall–Kier alpha value is -1.79. The summed E-state index contributed by atoms with van der Waals surface area (Å²) >= 11 is 0. The molecule has 0 spiro atoms. The second-order valence-electron chi connectivity index (χ2n) is 3.47. The highest BCUT2D eigenvalue weighted by atomic mass is 16.4. The number of rotatable bonds is 6. The second-order valence-corrected chi connectivity index (χ2v) is 3.47. The molecule has 0 radical (unpaired) electrons. The van der Waals surface area contributed by atoms with Gasteiger partial charge in [-0.15, -0.1) is 0 Å². The van der Waals surface area contributed by atoms with Gasteiger partial charge < -0.3 is 20.2 Å². The predicted octanol–water partition coefficient (Wildman–Crippen LogP) is -0.419. The van der Waals surface area contributed by atoms with Gasteiger partial charge in [-0.1, -0.05) is 0 Å². The van der Waals surface area contributed by atoms with Gasteiger partial charge in [0.1, 0.15) is 6.54 Å². The molecule has 0 bridgehead atoms. The Morgan fingerprint density at radius 1 is 1.18 bits per heavy atom. The van der Waals surface area contributed by atoms with E-state index in [-0.39, 0.29) is 25.5 Å². The molecule has 0 saturated carbocycles. The van der Waals surface area contributed by atoms with E-state index >= 15 is 0 Å². The molecule has 0 aliphatic rings. The molecule has 7 nitrogen and oxygen atoms in total. The summed E-state index contributed by atoms with van der Waals surface area (Å²) in [6, 6.07) is -0.548. The summed E-state index contributed by atoms with van der Waals surface area (Å²) in [4.78, 5) is 35.9. The third-order valence-corrected chi connectivity index (χ3v) is 2.29. The number of nitrogens with one attached hydrogen (secondary N) is 1. The van der Waals surface area contributed by atoms with Gasteiger partial charge in [0.05, 0.1) is 6.54 Å². The van der Waals surface area contributed by atoms with Gasteiger partial charge >= 0.3 is 12.0 Å². The van der Waals surface area contributed by atoms with Crippen LogP contribution in [0.2, 0.25) is 0 Å². The zero-order chi connectivity index (χ0) is 13.4. The normalized spacial score (nSPS) is 9.59. The van der Waals surface area contributed by atoms with Crippen LogP contribution in [0.4, 0.5) is 4.79 Å². The van der Waals surface area contributed by atoms with E-state index in [0.717, 1.165) is 4.90 Å². The summed E-state index contributed by atoms with van der Waals surface area (Å²) in [6.07, 6.45) is 0. The molecule has 0 aliphatic carbocycles. The van der Waals surface area contributed by atoms with Crippen LogP contribution in [0.3, 0.4) is 0 Å². The zero-order valence-electron chi connectivity index (χ0n) is 10.4. The predicted molar refractivity (Wildman–Crippen MR) is 61.6 cm³/mol. The average Bonchev–Trinajstić information content (AvgIpc) is 2.30. The molecule has 98 valence electrons. The SMILES string of the molecule is CCN(C)C(=O)CNC(=O)N(CC)CC(=O)O. The molecule has 2 N–H and O–H groups in total. The van der Waals surface area contributed by atoms with Crippen molar-refractivity contribution in [2.24, 2.45) is 0 Å². The minimum Gasteiger partial charge on any atom is -0.480 e. The van der Waals surface area contributed by atoms with Gasteiger partial charge in [0, 0.05) is 20.1 Å². The number of likely N-dealkylation sites (N-methyl/N-ethyl adjacent to an activating group) is 2. The van der Waals surface area contributed by atoms with Crippen molar-refractivity contribution in [3.05, 3.63) is 0 Å². The van der Waals surface area contributed by atoms with Crippen LogP contribution in [0.15, 0.2) is 0 Å². The first-order valence-corrected chi connectivity index (χ1v) is 5.40. The maximum atomic E-state index is 11.5. The number of hydrogen-bond acceptors (Lipinski definition) is 3. The summed E-state index contributed by atoms with van der Waals surface area (Å²) in [7, 11) is 1.63. The lowest BCUT2D eigenvalue weighted by Crippen LogP contribution is -2.46. The lowest BCUT2D eigenvalue weighted by Gasteiger charge is -2.20. The lowest BCUT2D eigenvalue weighted by molar-refractivity contribution is -0.137. The maximum Gasteiger partial charge on any atom is 0.323 e. The highest BCUT2D eigenvalue weighted by Gasteiger charge is 2.16. The number of aliphatic carboxylic acids is 1. The first kappa shape index (κ1) is 15.2. The number of carbonyl (C=O) groups excluding carboxylic acids is 2. The molecule has 0 aromatic carbocycles. The van der Waals surface area contributed by atoms with Gasteiger partial charge in [-0.25, -0.2) is 4.79 Å². The number of amides is 3. The number of carboxylic acid groups (broad SMARTS) is 1. The number of urea groups is 1. The van der Waals surface area contributed by atoms with Crippen LogP contribution >= 0.6 is 0 Å². The molecule has 0 atom stereocenters. The summed E-state index contributed by atoms with van der Waals surface area (Å²) in [6.45, 7) is 3.82. The molecule has 0 aromatic rings. The summed E-state index contributed by atoms with van der Waals surface area (Å²) < 4.78 is 0. The molecule has 0 saturated heterocycles. The van der Waals surface area contributed by atoms with Gasteiger partial charge in [-0.3, -0.25) is 9.59 Å². The van der Waals surface area contributed by atoms with Gasteiger partial charge in [-0.2, -0.15) is 0 Å². The van der Waals surface area contributed by atoms with E-state index < -0.39 is 12.0 Å². The number of hydrogen-bond donors (Lipinski definition) is 2. The fourth-order valence-electron chi connectivity index (χ4n) is 1.06. The Labute approximate surface area is 100 Å². The summed E-state index contributed by atoms with van der Waals surface area (Å²) in [5.41, 5.74) is 0. The molecule has 0 unspecified atom stereocenters. The fourth-order valence-corrected chi connectivity index (χ4v) is 1.06. The van der Waals surface area contributed by atoms with E-state index in [1.165, 1.54) is 4.90 Å². The first-order chi connectivity index (χ1) is 7.92. The van der Waals surface area contributed by atoms with Crippen molar-refractivity contribution < 1.29 is 19.5 Å². The van der Waals surface area contributed by atoms with Crippen molar-refractivity contribution in [2.75, 3.05) is 33.2 Å². The van der Waals surface area contributed by atoms with Gasteiger partial charge in [0.25, 0.3) is 0 Å². The molecule has 0 aliphatic heterocycles. The minimum absolute atomic E-state index is 0.126. The molecule has 0 rings (SSSR count). The molecule has 3 amide bonds. The quantitative estimate of drug-likeness (QED) is 0.665. The van der Waals surface area contributed by atoms with E-state index in [2.05, 4.69) is 5.32 Å². The largest absolute Gasteiger partial charge is 0.480 e. The Morgan fingerprint density at radius 2 is 1.76 bits per heavy atom. The van der Waals surface area contributed by atoms with Crippen LogP contribution in [0.25, 0.3) is 0 Å². The molecular weight excluding hydrogens is 226 g/mol. The minimum atomic E-state index is -1.08. The topological polar surface area (TPSA) is 90.0 Å². The molecule has 7 heteroatoms. The Morgan fingerprint density at radius 3 is 2.18 bits per heavy atom. The highest BCUT2D eigenvalue weighted by molar-refractivity contribution is 5.85. The number of carboxylic acids is 1. The molecule has 0 aromatic heterocycles. The standard InChI is InChI=1S/C10H19N3O4/c1-4-12(3)8(14)6-11-10(17)13(5-2)7-9(15)16/h4-7H2,1-3H3,(H,11,17)(H,15,16). The number of nitrogens with zero attached hydrogens (tertiary/aromatic N) is 2.